The molecule has 0 nitrogen and oxygen atoms in total. The Labute approximate surface area is 145 Å². The minimum atomic E-state index is 0.303. The molecule has 0 amide bonds. The van der Waals surface area contributed by atoms with Crippen LogP contribution in [-0.2, 0) is 0 Å². The molecule has 0 radical (unpaired) electrons. The van der Waals surface area contributed by atoms with E-state index in [4.69, 9.17) is 0 Å². The molecule has 0 unspecified atom stereocenters. The van der Waals surface area contributed by atoms with Crippen LogP contribution in [0.2, 0.25) is 0 Å². The number of hydrogen-bond acceptors (Lipinski definition) is 0. The van der Waals surface area contributed by atoms with E-state index in [1.54, 1.807) is 0 Å². The van der Waals surface area contributed by atoms with E-state index in [1.807, 2.05) is 0 Å². The van der Waals surface area contributed by atoms with E-state index in [0.29, 0.717) is 15.8 Å². The maximum atomic E-state index is 2.40. The van der Waals surface area contributed by atoms with Crippen molar-refractivity contribution in [3.8, 4) is 0 Å². The minimum absolute atomic E-state index is 0.303. The Kier molecular flexibility index (Phi) is 13.7. The van der Waals surface area contributed by atoms with E-state index >= 15 is 0 Å². The lowest BCUT2D eigenvalue weighted by molar-refractivity contribution is 0.709. The highest BCUT2D eigenvalue weighted by Gasteiger charge is 2.14. The largest absolute Gasteiger partial charge is 0.106 e. The second kappa shape index (κ2) is 13.2. The standard InChI is InChI=1S/C20H44P2/c1-17(2)13-21(14-18(3)4)11-9-10-12-22(15-19(5)6)16-20(7)8/h17-20H,9-16H2,1-8H3. The molecule has 134 valence electrons. The Hall–Kier alpha value is 0.860. The van der Waals surface area contributed by atoms with E-state index < -0.39 is 0 Å². The van der Waals surface area contributed by atoms with Gasteiger partial charge in [0.05, 0.1) is 0 Å². The van der Waals surface area contributed by atoms with E-state index in [1.165, 1.54) is 49.8 Å². The molecule has 0 saturated heterocycles. The highest BCUT2D eigenvalue weighted by molar-refractivity contribution is 7.58. The molecule has 2 heteroatoms. The summed E-state index contributed by atoms with van der Waals surface area (Å²) in [7, 11) is 0.607. The minimum Gasteiger partial charge on any atom is -0.106 e. The number of rotatable bonds is 13. The van der Waals surface area contributed by atoms with Crippen molar-refractivity contribution >= 4 is 15.8 Å². The number of unbranched alkanes of at least 4 members (excludes halogenated alkanes) is 1. The summed E-state index contributed by atoms with van der Waals surface area (Å²) in [6.45, 7) is 19.2. The molecule has 0 spiro atoms. The Morgan fingerprint density at radius 3 is 0.864 bits per heavy atom. The van der Waals surface area contributed by atoms with Crippen molar-refractivity contribution in [2.45, 2.75) is 68.2 Å². The van der Waals surface area contributed by atoms with Crippen LogP contribution in [0.3, 0.4) is 0 Å². The smallest absolute Gasteiger partial charge is 0.0303 e. The predicted molar refractivity (Wildman–Crippen MR) is 112 cm³/mol. The fraction of sp³-hybridized carbons (Fsp3) is 1.00. The van der Waals surface area contributed by atoms with Crippen molar-refractivity contribution in [3.63, 3.8) is 0 Å². The van der Waals surface area contributed by atoms with Crippen LogP contribution in [0.15, 0.2) is 0 Å². The quantitative estimate of drug-likeness (QED) is 0.241. The molecule has 0 saturated carbocycles. The van der Waals surface area contributed by atoms with Crippen molar-refractivity contribution < 1.29 is 0 Å². The first-order valence-corrected chi connectivity index (χ1v) is 13.4. The van der Waals surface area contributed by atoms with Crippen LogP contribution in [0.5, 0.6) is 0 Å². The van der Waals surface area contributed by atoms with Gasteiger partial charge in [-0.1, -0.05) is 55.4 Å². The summed E-state index contributed by atoms with van der Waals surface area (Å²) in [5.41, 5.74) is 0. The van der Waals surface area contributed by atoms with Crippen molar-refractivity contribution in [1.82, 2.24) is 0 Å². The van der Waals surface area contributed by atoms with Gasteiger partial charge in [0.1, 0.15) is 0 Å². The normalized spacial score (nSPS) is 12.8. The maximum Gasteiger partial charge on any atom is -0.0303 e. The molecule has 0 fully saturated rings. The predicted octanol–water partition coefficient (Wildman–Crippen LogP) is 7.35. The summed E-state index contributed by atoms with van der Waals surface area (Å²) in [5.74, 6) is 3.57. The third-order valence-electron chi connectivity index (χ3n) is 3.69. The first-order chi connectivity index (χ1) is 10.2. The monoisotopic (exact) mass is 346 g/mol. The van der Waals surface area contributed by atoms with Crippen LogP contribution in [0.1, 0.15) is 68.2 Å². The first-order valence-electron chi connectivity index (χ1n) is 9.65. The highest BCUT2D eigenvalue weighted by atomic mass is 31.1. The van der Waals surface area contributed by atoms with Crippen molar-refractivity contribution in [2.24, 2.45) is 23.7 Å². The van der Waals surface area contributed by atoms with Gasteiger partial charge in [-0.05, 0) is 73.5 Å². The lowest BCUT2D eigenvalue weighted by atomic mass is 10.3. The Bertz CT molecular complexity index is 200. The molecule has 0 aliphatic rings. The van der Waals surface area contributed by atoms with E-state index in [2.05, 4.69) is 55.4 Å². The second-order valence-electron chi connectivity index (χ2n) is 8.80. The van der Waals surface area contributed by atoms with Crippen molar-refractivity contribution in [2.75, 3.05) is 37.0 Å². The Morgan fingerprint density at radius 2 is 0.682 bits per heavy atom. The van der Waals surface area contributed by atoms with Gasteiger partial charge in [-0.15, -0.1) is 15.8 Å². The van der Waals surface area contributed by atoms with Gasteiger partial charge in [-0.3, -0.25) is 0 Å². The number of hydrogen-bond donors (Lipinski definition) is 0. The molecule has 0 aromatic carbocycles. The van der Waals surface area contributed by atoms with Gasteiger partial charge in [-0.25, -0.2) is 0 Å². The zero-order valence-corrected chi connectivity index (χ0v) is 18.6. The summed E-state index contributed by atoms with van der Waals surface area (Å²) in [6, 6.07) is 0. The van der Waals surface area contributed by atoms with Crippen LogP contribution in [0.25, 0.3) is 0 Å². The molecule has 0 aromatic rings. The Balaban J connectivity index is 4.10. The summed E-state index contributed by atoms with van der Waals surface area (Å²) in [4.78, 5) is 0. The lowest BCUT2D eigenvalue weighted by Gasteiger charge is -2.24. The average molecular weight is 347 g/mol. The highest BCUT2D eigenvalue weighted by Crippen LogP contribution is 2.43. The topological polar surface area (TPSA) is 0 Å². The fourth-order valence-electron chi connectivity index (χ4n) is 3.25. The summed E-state index contributed by atoms with van der Waals surface area (Å²) < 4.78 is 0. The van der Waals surface area contributed by atoms with Crippen LogP contribution in [0.4, 0.5) is 0 Å². The molecular weight excluding hydrogens is 302 g/mol. The van der Waals surface area contributed by atoms with Gasteiger partial charge in [0, 0.05) is 0 Å². The van der Waals surface area contributed by atoms with Gasteiger partial charge in [0.15, 0.2) is 0 Å². The lowest BCUT2D eigenvalue weighted by Crippen LogP contribution is -2.07. The SMILES string of the molecule is CC(C)CP(CCCCP(CC(C)C)CC(C)C)CC(C)C. The molecule has 0 N–H and O–H groups in total. The second-order valence-corrected chi connectivity index (χ2v) is 13.8. The van der Waals surface area contributed by atoms with Gasteiger partial charge < -0.3 is 0 Å². The van der Waals surface area contributed by atoms with Crippen LogP contribution in [-0.4, -0.2) is 37.0 Å². The van der Waals surface area contributed by atoms with Gasteiger partial charge in [0.2, 0.25) is 0 Å². The van der Waals surface area contributed by atoms with Gasteiger partial charge >= 0.3 is 0 Å². The van der Waals surface area contributed by atoms with Gasteiger partial charge in [0.25, 0.3) is 0 Å². The van der Waals surface area contributed by atoms with Crippen molar-refractivity contribution in [1.29, 1.82) is 0 Å². The van der Waals surface area contributed by atoms with Crippen LogP contribution in [0, 0.1) is 23.7 Å². The summed E-state index contributed by atoms with van der Waals surface area (Å²) >= 11 is 0. The molecule has 0 aliphatic heterocycles. The van der Waals surface area contributed by atoms with E-state index in [0.717, 1.165) is 23.7 Å². The third-order valence-corrected chi connectivity index (χ3v) is 10.6. The molecule has 0 heterocycles. The third kappa shape index (κ3) is 14.5. The molecule has 0 aliphatic carbocycles. The first kappa shape index (κ1) is 22.9. The zero-order chi connectivity index (χ0) is 17.1. The maximum absolute atomic E-state index is 2.40. The molecular formula is C20H44P2. The summed E-state index contributed by atoms with van der Waals surface area (Å²) in [5, 5.41) is 0. The Morgan fingerprint density at radius 1 is 0.455 bits per heavy atom. The molecule has 0 aromatic heterocycles. The van der Waals surface area contributed by atoms with E-state index in [-0.39, 0.29) is 0 Å². The van der Waals surface area contributed by atoms with Gasteiger partial charge in [-0.2, -0.15) is 0 Å². The fourth-order valence-corrected chi connectivity index (χ4v) is 9.75. The molecule has 0 atom stereocenters. The molecule has 22 heavy (non-hydrogen) atoms. The zero-order valence-electron chi connectivity index (χ0n) is 16.9. The molecule has 0 rings (SSSR count). The van der Waals surface area contributed by atoms with Crippen LogP contribution >= 0.6 is 15.8 Å². The summed E-state index contributed by atoms with van der Waals surface area (Å²) in [6.07, 6.45) is 12.1. The average Bonchev–Trinajstić information content (AvgIpc) is 2.31. The van der Waals surface area contributed by atoms with E-state index in [9.17, 15) is 0 Å². The van der Waals surface area contributed by atoms with Crippen molar-refractivity contribution in [3.05, 3.63) is 0 Å². The molecule has 0 bridgehead atoms. The van der Waals surface area contributed by atoms with Crippen LogP contribution < -0.4 is 0 Å².